The average molecular weight is 444 g/mol. The third kappa shape index (κ3) is 3.56. The summed E-state index contributed by atoms with van der Waals surface area (Å²) in [5, 5.41) is 27.0. The molecule has 12 heteroatoms. The van der Waals surface area contributed by atoms with Crippen LogP contribution < -0.4 is 5.73 Å². The second kappa shape index (κ2) is 7.82. The van der Waals surface area contributed by atoms with Gasteiger partial charge in [0, 0.05) is 30.0 Å². The van der Waals surface area contributed by atoms with Crippen LogP contribution in [-0.4, -0.2) is 55.7 Å². The Labute approximate surface area is 187 Å². The van der Waals surface area contributed by atoms with E-state index in [2.05, 4.69) is 35.3 Å². The largest absolute Gasteiger partial charge is 0.504 e. The predicted octanol–water partition coefficient (Wildman–Crippen LogP) is 1.46. The summed E-state index contributed by atoms with van der Waals surface area (Å²) >= 11 is 0. The van der Waals surface area contributed by atoms with E-state index in [-0.39, 0.29) is 23.2 Å². The summed E-state index contributed by atoms with van der Waals surface area (Å²) in [7, 11) is 0. The van der Waals surface area contributed by atoms with Crippen molar-refractivity contribution in [3.8, 4) is 23.2 Å². The van der Waals surface area contributed by atoms with E-state index in [1.54, 1.807) is 36.3 Å². The molecule has 12 nitrogen and oxygen atoms in total. The molecule has 0 spiro atoms. The molecule has 0 aliphatic rings. The molecule has 4 N–H and O–H groups in total. The molecule has 0 aromatic carbocycles. The van der Waals surface area contributed by atoms with Crippen LogP contribution in [0.15, 0.2) is 36.8 Å². The van der Waals surface area contributed by atoms with Crippen molar-refractivity contribution >= 4 is 16.8 Å². The van der Waals surface area contributed by atoms with Gasteiger partial charge in [-0.1, -0.05) is 6.07 Å². The van der Waals surface area contributed by atoms with E-state index in [1.807, 2.05) is 19.1 Å². The number of aryl methyl sites for hydroxylation is 4. The number of fused-ring (bicyclic) bond motifs is 1. The number of nitrogens with one attached hydrogen (secondary N) is 1. The van der Waals surface area contributed by atoms with E-state index in [0.29, 0.717) is 35.3 Å². The van der Waals surface area contributed by atoms with Crippen molar-refractivity contribution in [3.05, 3.63) is 59.4 Å². The Hall–Kier alpha value is -4.61. The first-order valence-electron chi connectivity index (χ1n) is 10.2. The lowest BCUT2D eigenvalue weighted by atomic mass is 10.2. The standard InChI is InChI=1S/C21H20N10O2/c1-11-8-14-15(10-24-11)31(29-16(14)19(22)33)21-25-20(26-27-21)17-18(32)12(2)28-30(17)7-5-13-4-3-6-23-9-13/h3-4,6,8-10,32H,5,7H2,1-2H3,(H2,22,33)(H,25,26,27). The number of aromatic amines is 1. The van der Waals surface area contributed by atoms with Gasteiger partial charge in [0.2, 0.25) is 11.8 Å². The number of aromatic hydroxyl groups is 1. The Morgan fingerprint density at radius 1 is 1.24 bits per heavy atom. The van der Waals surface area contributed by atoms with Gasteiger partial charge < -0.3 is 10.8 Å². The van der Waals surface area contributed by atoms with Crippen LogP contribution in [0.5, 0.6) is 5.75 Å². The molecular weight excluding hydrogens is 424 g/mol. The number of hydrogen-bond donors (Lipinski definition) is 3. The van der Waals surface area contributed by atoms with Crippen LogP contribution >= 0.6 is 0 Å². The molecule has 0 fully saturated rings. The summed E-state index contributed by atoms with van der Waals surface area (Å²) in [6, 6.07) is 5.58. The summed E-state index contributed by atoms with van der Waals surface area (Å²) in [6.45, 7) is 4.01. The molecule has 166 valence electrons. The van der Waals surface area contributed by atoms with Crippen LogP contribution in [0.2, 0.25) is 0 Å². The maximum Gasteiger partial charge on any atom is 0.269 e. The minimum absolute atomic E-state index is 0.00724. The minimum Gasteiger partial charge on any atom is -0.504 e. The molecule has 0 unspecified atom stereocenters. The van der Waals surface area contributed by atoms with Crippen LogP contribution in [-0.2, 0) is 13.0 Å². The topological polar surface area (TPSA) is 166 Å². The summed E-state index contributed by atoms with van der Waals surface area (Å²) in [5.74, 6) is -0.193. The zero-order chi connectivity index (χ0) is 23.1. The molecule has 0 aliphatic heterocycles. The lowest BCUT2D eigenvalue weighted by Gasteiger charge is -2.05. The van der Waals surface area contributed by atoms with Gasteiger partial charge in [-0.05, 0) is 38.0 Å². The number of carbonyl (C=O) groups excluding carboxylic acids is 1. The molecule has 0 saturated carbocycles. The molecule has 1 amide bonds. The van der Waals surface area contributed by atoms with Gasteiger partial charge >= 0.3 is 0 Å². The Morgan fingerprint density at radius 2 is 2.09 bits per heavy atom. The molecule has 33 heavy (non-hydrogen) atoms. The van der Waals surface area contributed by atoms with Crippen molar-refractivity contribution in [1.82, 2.24) is 44.7 Å². The van der Waals surface area contributed by atoms with Crippen LogP contribution in [0, 0.1) is 13.8 Å². The van der Waals surface area contributed by atoms with E-state index in [0.717, 1.165) is 11.3 Å². The summed E-state index contributed by atoms with van der Waals surface area (Å²) in [5.41, 5.74) is 8.76. The van der Waals surface area contributed by atoms with Crippen LogP contribution in [0.3, 0.4) is 0 Å². The third-order valence-corrected chi connectivity index (χ3v) is 5.25. The predicted molar refractivity (Wildman–Crippen MR) is 118 cm³/mol. The highest BCUT2D eigenvalue weighted by atomic mass is 16.3. The maximum absolute atomic E-state index is 11.9. The molecule has 5 heterocycles. The fraction of sp³-hybridized carbons (Fsp3) is 0.190. The number of rotatable bonds is 6. The Balaban J connectivity index is 1.54. The zero-order valence-corrected chi connectivity index (χ0v) is 17.9. The average Bonchev–Trinajstić information content (AvgIpc) is 3.49. The number of hydrogen-bond acceptors (Lipinski definition) is 8. The molecule has 0 aliphatic carbocycles. The van der Waals surface area contributed by atoms with Gasteiger partial charge in [-0.15, -0.1) is 0 Å². The number of H-pyrrole nitrogens is 1. The molecule has 5 rings (SSSR count). The Bertz CT molecular complexity index is 1480. The lowest BCUT2D eigenvalue weighted by Crippen LogP contribution is -2.12. The van der Waals surface area contributed by atoms with Crippen molar-refractivity contribution in [2.24, 2.45) is 5.73 Å². The number of aromatic nitrogens is 9. The van der Waals surface area contributed by atoms with Crippen molar-refractivity contribution in [2.75, 3.05) is 0 Å². The quantitative estimate of drug-likeness (QED) is 0.354. The molecule has 5 aromatic rings. The van der Waals surface area contributed by atoms with Gasteiger partial charge in [-0.3, -0.25) is 19.4 Å². The van der Waals surface area contributed by atoms with Crippen molar-refractivity contribution < 1.29 is 9.90 Å². The zero-order valence-electron chi connectivity index (χ0n) is 17.9. The highest BCUT2D eigenvalue weighted by molar-refractivity contribution is 6.04. The van der Waals surface area contributed by atoms with E-state index in [1.165, 1.54) is 4.68 Å². The molecule has 0 saturated heterocycles. The number of amides is 1. The summed E-state index contributed by atoms with van der Waals surface area (Å²) in [4.78, 5) is 24.8. The Morgan fingerprint density at radius 3 is 2.85 bits per heavy atom. The maximum atomic E-state index is 11.9. The second-order valence-electron chi connectivity index (χ2n) is 7.57. The number of pyridine rings is 2. The molecule has 5 aromatic heterocycles. The first-order chi connectivity index (χ1) is 15.9. The number of nitrogens with zero attached hydrogens (tertiary/aromatic N) is 8. The van der Waals surface area contributed by atoms with Gasteiger partial charge in [0.25, 0.3) is 5.91 Å². The number of nitrogens with two attached hydrogens (primary N) is 1. The molecule has 0 atom stereocenters. The van der Waals surface area contributed by atoms with Gasteiger partial charge in [0.15, 0.2) is 11.4 Å². The van der Waals surface area contributed by atoms with Gasteiger partial charge in [-0.25, -0.2) is 5.10 Å². The smallest absolute Gasteiger partial charge is 0.269 e. The first-order valence-corrected chi connectivity index (χ1v) is 10.2. The monoisotopic (exact) mass is 444 g/mol. The first kappa shape index (κ1) is 20.3. The lowest BCUT2D eigenvalue weighted by molar-refractivity contribution is 0.0996. The van der Waals surface area contributed by atoms with E-state index >= 15 is 0 Å². The number of primary amides is 1. The Kier molecular flexibility index (Phi) is 4.81. The second-order valence-corrected chi connectivity index (χ2v) is 7.57. The van der Waals surface area contributed by atoms with E-state index in [9.17, 15) is 9.90 Å². The van der Waals surface area contributed by atoms with Gasteiger partial charge in [0.1, 0.15) is 11.4 Å². The SMILES string of the molecule is Cc1cc2c(C(N)=O)nn(-c3nc(-c4c(O)c(C)nn4CCc4cccnc4)n[nH]3)c2cn1. The van der Waals surface area contributed by atoms with Crippen molar-refractivity contribution in [2.45, 2.75) is 26.8 Å². The normalized spacial score (nSPS) is 11.3. The molecular formula is C21H20N10O2. The number of carbonyl (C=O) groups is 1. The van der Waals surface area contributed by atoms with Gasteiger partial charge in [-0.2, -0.15) is 25.0 Å². The third-order valence-electron chi connectivity index (χ3n) is 5.25. The van der Waals surface area contributed by atoms with Crippen LogP contribution in [0.25, 0.3) is 28.4 Å². The summed E-state index contributed by atoms with van der Waals surface area (Å²) < 4.78 is 3.07. The van der Waals surface area contributed by atoms with Crippen molar-refractivity contribution in [1.29, 1.82) is 0 Å². The highest BCUT2D eigenvalue weighted by Crippen LogP contribution is 2.30. The van der Waals surface area contributed by atoms with E-state index < -0.39 is 5.91 Å². The van der Waals surface area contributed by atoms with Crippen molar-refractivity contribution in [3.63, 3.8) is 0 Å². The highest BCUT2D eigenvalue weighted by Gasteiger charge is 2.23. The minimum atomic E-state index is -0.661. The van der Waals surface area contributed by atoms with Crippen LogP contribution in [0.4, 0.5) is 0 Å². The fourth-order valence-electron chi connectivity index (χ4n) is 3.65. The summed E-state index contributed by atoms with van der Waals surface area (Å²) in [6.07, 6.45) is 5.75. The molecule has 0 bridgehead atoms. The van der Waals surface area contributed by atoms with Gasteiger partial charge in [0.05, 0.1) is 11.7 Å². The van der Waals surface area contributed by atoms with E-state index in [4.69, 9.17) is 5.73 Å². The molecule has 0 radical (unpaired) electrons. The fourth-order valence-corrected chi connectivity index (χ4v) is 3.65. The van der Waals surface area contributed by atoms with Crippen LogP contribution in [0.1, 0.15) is 27.4 Å².